The van der Waals surface area contributed by atoms with Crippen molar-refractivity contribution in [2.75, 3.05) is 6.61 Å². The van der Waals surface area contributed by atoms with Crippen molar-refractivity contribution < 1.29 is 19.1 Å². The van der Waals surface area contributed by atoms with Crippen molar-refractivity contribution in [3.8, 4) is 5.75 Å². The third kappa shape index (κ3) is 2.30. The molecule has 2 aromatic rings. The van der Waals surface area contributed by atoms with Crippen LogP contribution in [0.1, 0.15) is 40.9 Å². The van der Waals surface area contributed by atoms with Crippen LogP contribution in [0.3, 0.4) is 0 Å². The molecule has 0 radical (unpaired) electrons. The molecule has 1 N–H and O–H groups in total. The fraction of sp³-hybridized carbons (Fsp3) is 0.375. The van der Waals surface area contributed by atoms with E-state index in [9.17, 15) is 9.90 Å². The Bertz CT molecular complexity index is 767. The minimum absolute atomic E-state index is 0.0986. The zero-order chi connectivity index (χ0) is 15.9. The molecule has 0 aromatic carbocycles. The summed E-state index contributed by atoms with van der Waals surface area (Å²) >= 11 is 0. The van der Waals surface area contributed by atoms with Gasteiger partial charge in [0.15, 0.2) is 11.4 Å². The van der Waals surface area contributed by atoms with Gasteiger partial charge < -0.3 is 18.8 Å². The zero-order valence-electron chi connectivity index (χ0n) is 12.8. The topological polar surface area (TPSA) is 77.0 Å². The average Bonchev–Trinajstić information content (AvgIpc) is 2.96. The van der Waals surface area contributed by atoms with E-state index in [0.717, 1.165) is 22.8 Å². The monoisotopic (exact) mass is 302 g/mol. The Morgan fingerprint density at radius 1 is 1.45 bits per heavy atom. The van der Waals surface area contributed by atoms with E-state index in [1.807, 2.05) is 19.9 Å². The third-order valence-electron chi connectivity index (χ3n) is 3.70. The predicted octanol–water partition coefficient (Wildman–Crippen LogP) is 3.10. The second kappa shape index (κ2) is 5.36. The van der Waals surface area contributed by atoms with Gasteiger partial charge in [0.25, 0.3) is 0 Å². The first kappa shape index (κ1) is 14.4. The minimum atomic E-state index is -0.528. The normalized spacial score (nSPS) is 13.7. The van der Waals surface area contributed by atoms with Gasteiger partial charge in [0.05, 0.1) is 12.3 Å². The number of carbonyl (C=O) groups is 1. The van der Waals surface area contributed by atoms with E-state index in [4.69, 9.17) is 9.15 Å². The summed E-state index contributed by atoms with van der Waals surface area (Å²) in [4.78, 5) is 16.5. The molecule has 0 saturated carbocycles. The molecule has 3 rings (SSSR count). The standard InChI is InChI=1S/C16H18N2O4/c1-4-21-16(20)15-13(19)8-14-17-12(5-6-18(14)15)11-7-9(2)22-10(11)3/h7-8,19H,4-6H2,1-3H3. The van der Waals surface area contributed by atoms with E-state index in [1.165, 1.54) is 6.07 Å². The molecular formula is C16H18N2O4. The Hall–Kier alpha value is -2.50. The number of hydrogen-bond acceptors (Lipinski definition) is 5. The maximum absolute atomic E-state index is 11.9. The van der Waals surface area contributed by atoms with Crippen LogP contribution in [0, 0.1) is 13.8 Å². The first-order valence-corrected chi connectivity index (χ1v) is 7.25. The average molecular weight is 302 g/mol. The van der Waals surface area contributed by atoms with Crippen molar-refractivity contribution >= 4 is 17.5 Å². The number of ether oxygens (including phenoxy) is 1. The van der Waals surface area contributed by atoms with Crippen molar-refractivity contribution in [3.63, 3.8) is 0 Å². The molecule has 3 heterocycles. The van der Waals surface area contributed by atoms with Crippen molar-refractivity contribution in [1.82, 2.24) is 4.57 Å². The highest BCUT2D eigenvalue weighted by Crippen LogP contribution is 2.33. The van der Waals surface area contributed by atoms with Gasteiger partial charge in [-0.3, -0.25) is 0 Å². The number of hydrogen-bond donors (Lipinski definition) is 1. The number of furan rings is 1. The largest absolute Gasteiger partial charge is 0.505 e. The number of rotatable bonds is 3. The molecule has 2 aromatic heterocycles. The molecule has 0 saturated heterocycles. The number of aromatic nitrogens is 1. The Kier molecular flexibility index (Phi) is 3.52. The Balaban J connectivity index is 2.02. The van der Waals surface area contributed by atoms with Crippen molar-refractivity contribution in [2.45, 2.75) is 33.7 Å². The quantitative estimate of drug-likeness (QED) is 0.884. The maximum Gasteiger partial charge on any atom is 0.358 e. The van der Waals surface area contributed by atoms with E-state index in [1.54, 1.807) is 11.5 Å². The lowest BCUT2D eigenvalue weighted by Crippen LogP contribution is -2.17. The second-order valence-electron chi connectivity index (χ2n) is 5.24. The van der Waals surface area contributed by atoms with Crippen LogP contribution in [0.5, 0.6) is 5.75 Å². The van der Waals surface area contributed by atoms with E-state index in [0.29, 0.717) is 18.8 Å². The van der Waals surface area contributed by atoms with Crippen molar-refractivity contribution in [2.24, 2.45) is 4.99 Å². The summed E-state index contributed by atoms with van der Waals surface area (Å²) in [6, 6.07) is 3.45. The molecule has 0 unspecified atom stereocenters. The number of aliphatic imine (C=N–C) groups is 1. The van der Waals surface area contributed by atoms with Crippen LogP contribution in [0.4, 0.5) is 5.82 Å². The summed E-state index contributed by atoms with van der Waals surface area (Å²) in [5.74, 6) is 1.59. The maximum atomic E-state index is 11.9. The number of fused-ring (bicyclic) bond motifs is 1. The molecule has 1 aliphatic rings. The summed E-state index contributed by atoms with van der Waals surface area (Å²) in [6.45, 7) is 6.36. The smallest absolute Gasteiger partial charge is 0.358 e. The second-order valence-corrected chi connectivity index (χ2v) is 5.24. The molecule has 0 amide bonds. The molecule has 0 aliphatic carbocycles. The van der Waals surface area contributed by atoms with Gasteiger partial charge in [0, 0.05) is 24.6 Å². The molecule has 0 fully saturated rings. The summed E-state index contributed by atoms with van der Waals surface area (Å²) in [5.41, 5.74) is 2.04. The molecule has 6 heteroatoms. The molecule has 0 bridgehead atoms. The van der Waals surface area contributed by atoms with Gasteiger partial charge in [-0.1, -0.05) is 0 Å². The van der Waals surface area contributed by atoms with Gasteiger partial charge in [-0.15, -0.1) is 0 Å². The van der Waals surface area contributed by atoms with E-state index in [2.05, 4.69) is 4.99 Å². The number of nitrogens with zero attached hydrogens (tertiary/aromatic N) is 2. The molecule has 116 valence electrons. The summed E-state index contributed by atoms with van der Waals surface area (Å²) in [6.07, 6.45) is 0.660. The Labute approximate surface area is 128 Å². The van der Waals surface area contributed by atoms with Crippen LogP contribution in [-0.4, -0.2) is 28.0 Å². The highest BCUT2D eigenvalue weighted by Gasteiger charge is 2.26. The Morgan fingerprint density at radius 3 is 2.86 bits per heavy atom. The Morgan fingerprint density at radius 2 is 2.23 bits per heavy atom. The lowest BCUT2D eigenvalue weighted by molar-refractivity contribution is 0.0510. The molecule has 1 aliphatic heterocycles. The number of carbonyl (C=O) groups excluding carboxylic acids is 1. The van der Waals surface area contributed by atoms with Crippen molar-refractivity contribution in [1.29, 1.82) is 0 Å². The fourth-order valence-corrected chi connectivity index (χ4v) is 2.78. The first-order valence-electron chi connectivity index (χ1n) is 7.25. The van der Waals surface area contributed by atoms with Crippen LogP contribution in [0.2, 0.25) is 0 Å². The minimum Gasteiger partial charge on any atom is -0.505 e. The molecule has 6 nitrogen and oxygen atoms in total. The van der Waals surface area contributed by atoms with Gasteiger partial charge in [-0.25, -0.2) is 9.79 Å². The lowest BCUT2D eigenvalue weighted by Gasteiger charge is -2.16. The highest BCUT2D eigenvalue weighted by atomic mass is 16.5. The van der Waals surface area contributed by atoms with Gasteiger partial charge >= 0.3 is 5.97 Å². The molecule has 0 atom stereocenters. The number of aryl methyl sites for hydroxylation is 2. The van der Waals surface area contributed by atoms with Crippen LogP contribution >= 0.6 is 0 Å². The van der Waals surface area contributed by atoms with E-state index < -0.39 is 5.97 Å². The summed E-state index contributed by atoms with van der Waals surface area (Å²) in [5, 5.41) is 10.0. The van der Waals surface area contributed by atoms with Crippen LogP contribution in [-0.2, 0) is 11.3 Å². The summed E-state index contributed by atoms with van der Waals surface area (Å²) in [7, 11) is 0. The van der Waals surface area contributed by atoms with Crippen LogP contribution < -0.4 is 0 Å². The van der Waals surface area contributed by atoms with Gasteiger partial charge in [-0.05, 0) is 26.8 Å². The molecule has 22 heavy (non-hydrogen) atoms. The fourth-order valence-electron chi connectivity index (χ4n) is 2.78. The lowest BCUT2D eigenvalue weighted by atomic mass is 10.1. The predicted molar refractivity (Wildman–Crippen MR) is 81.0 cm³/mol. The first-order chi connectivity index (χ1) is 10.5. The zero-order valence-corrected chi connectivity index (χ0v) is 12.8. The van der Waals surface area contributed by atoms with E-state index >= 15 is 0 Å². The van der Waals surface area contributed by atoms with Gasteiger partial charge in [0.1, 0.15) is 17.3 Å². The third-order valence-corrected chi connectivity index (χ3v) is 3.70. The van der Waals surface area contributed by atoms with Gasteiger partial charge in [-0.2, -0.15) is 0 Å². The number of esters is 1. The number of aromatic hydroxyl groups is 1. The van der Waals surface area contributed by atoms with Crippen LogP contribution in [0.25, 0.3) is 0 Å². The summed E-state index contributed by atoms with van der Waals surface area (Å²) < 4.78 is 12.2. The van der Waals surface area contributed by atoms with E-state index in [-0.39, 0.29) is 18.1 Å². The van der Waals surface area contributed by atoms with Crippen molar-refractivity contribution in [3.05, 3.63) is 34.9 Å². The SMILES string of the molecule is CCOC(=O)c1c(O)cc2n1CCC(c1cc(C)oc1C)=N2. The highest BCUT2D eigenvalue weighted by molar-refractivity contribution is 6.04. The molecule has 0 spiro atoms. The van der Waals surface area contributed by atoms with Gasteiger partial charge in [0.2, 0.25) is 0 Å². The molecular weight excluding hydrogens is 284 g/mol. The van der Waals surface area contributed by atoms with Crippen LogP contribution in [0.15, 0.2) is 21.5 Å².